The summed E-state index contributed by atoms with van der Waals surface area (Å²) >= 11 is 0. The number of ether oxygens (including phenoxy) is 1. The third kappa shape index (κ3) is 6.16. The Labute approximate surface area is 212 Å². The largest absolute Gasteiger partial charge is 0.444 e. The molecule has 0 saturated carbocycles. The molecule has 0 unspecified atom stereocenters. The number of likely N-dealkylation sites (tertiary alicyclic amines) is 2. The fraction of sp³-hybridized carbons (Fsp3) is 0.536. The fourth-order valence-electron chi connectivity index (χ4n) is 4.90. The summed E-state index contributed by atoms with van der Waals surface area (Å²) in [6, 6.07) is 11.0. The Hall–Kier alpha value is -3.13. The zero-order valence-electron chi connectivity index (χ0n) is 21.5. The molecule has 2 saturated heterocycles. The number of piperidine rings is 2. The van der Waals surface area contributed by atoms with Gasteiger partial charge in [-0.25, -0.2) is 4.79 Å². The number of carbonyl (C=O) groups excluding carboxylic acids is 2. The topological polar surface area (TPSA) is 92.1 Å². The van der Waals surface area contributed by atoms with Gasteiger partial charge in [-0.1, -0.05) is 30.3 Å². The first kappa shape index (κ1) is 25.9. The van der Waals surface area contributed by atoms with Gasteiger partial charge in [0.05, 0.1) is 17.7 Å². The van der Waals surface area contributed by atoms with Crippen molar-refractivity contribution in [2.75, 3.05) is 26.2 Å². The van der Waals surface area contributed by atoms with E-state index in [2.05, 4.69) is 0 Å². The van der Waals surface area contributed by atoms with Crippen LogP contribution in [-0.2, 0) is 11.3 Å². The van der Waals surface area contributed by atoms with E-state index in [0.717, 1.165) is 24.8 Å². The maximum absolute atomic E-state index is 13.6. The number of hydrogen-bond acceptors (Lipinski definition) is 5. The fourth-order valence-corrected chi connectivity index (χ4v) is 4.90. The molecule has 8 nitrogen and oxygen atoms in total. The van der Waals surface area contributed by atoms with E-state index in [1.54, 1.807) is 11.1 Å². The monoisotopic (exact) mass is 495 g/mol. The molecule has 194 valence electrons. The number of rotatable bonds is 4. The second kappa shape index (κ2) is 10.5. The molecular formula is C28H37N3O5. The van der Waals surface area contributed by atoms with Crippen molar-refractivity contribution in [3.63, 3.8) is 0 Å². The summed E-state index contributed by atoms with van der Waals surface area (Å²) in [7, 11) is 0. The summed E-state index contributed by atoms with van der Waals surface area (Å²) in [6.07, 6.45) is 4.90. The highest BCUT2D eigenvalue weighted by atomic mass is 16.6. The Morgan fingerprint density at radius 2 is 1.61 bits per heavy atom. The first-order chi connectivity index (χ1) is 17.0. The van der Waals surface area contributed by atoms with E-state index in [1.807, 2.05) is 56.0 Å². The summed E-state index contributed by atoms with van der Waals surface area (Å²) in [5, 5.41) is 11.3. The highest BCUT2D eigenvalue weighted by molar-refractivity contribution is 6.00. The van der Waals surface area contributed by atoms with Gasteiger partial charge in [-0.2, -0.15) is 0 Å². The van der Waals surface area contributed by atoms with Gasteiger partial charge in [0.25, 0.3) is 11.5 Å². The summed E-state index contributed by atoms with van der Waals surface area (Å²) in [4.78, 5) is 42.6. The van der Waals surface area contributed by atoms with Crippen molar-refractivity contribution in [1.29, 1.82) is 0 Å². The Kier molecular flexibility index (Phi) is 7.54. The van der Waals surface area contributed by atoms with Gasteiger partial charge in [0, 0.05) is 44.0 Å². The minimum absolute atomic E-state index is 0.0589. The van der Waals surface area contributed by atoms with Crippen molar-refractivity contribution in [3.05, 3.63) is 58.5 Å². The maximum Gasteiger partial charge on any atom is 0.410 e. The SMILES string of the molecule is CC(C)(C)OC(=O)N1CCC(O)(Cn2cc(C(=O)N3CCCCC3)c(-c3ccccc3)cc2=O)CC1. The van der Waals surface area contributed by atoms with Crippen LogP contribution in [0, 0.1) is 0 Å². The van der Waals surface area contributed by atoms with Crippen LogP contribution >= 0.6 is 0 Å². The number of amides is 2. The van der Waals surface area contributed by atoms with E-state index in [1.165, 1.54) is 10.6 Å². The molecular weight excluding hydrogens is 458 g/mol. The highest BCUT2D eigenvalue weighted by Crippen LogP contribution is 2.28. The van der Waals surface area contributed by atoms with E-state index in [0.29, 0.717) is 50.1 Å². The second-order valence-corrected chi connectivity index (χ2v) is 11.0. The Balaban J connectivity index is 1.58. The van der Waals surface area contributed by atoms with Crippen molar-refractivity contribution in [2.24, 2.45) is 0 Å². The third-order valence-corrected chi connectivity index (χ3v) is 6.89. The second-order valence-electron chi connectivity index (χ2n) is 11.0. The van der Waals surface area contributed by atoms with Gasteiger partial charge in [0.15, 0.2) is 0 Å². The lowest BCUT2D eigenvalue weighted by atomic mass is 9.91. The third-order valence-electron chi connectivity index (χ3n) is 6.89. The van der Waals surface area contributed by atoms with Gasteiger partial charge in [-0.3, -0.25) is 9.59 Å². The van der Waals surface area contributed by atoms with E-state index < -0.39 is 17.3 Å². The Morgan fingerprint density at radius 3 is 2.22 bits per heavy atom. The van der Waals surface area contributed by atoms with E-state index in [4.69, 9.17) is 4.74 Å². The molecule has 4 rings (SSSR count). The van der Waals surface area contributed by atoms with Gasteiger partial charge in [0.1, 0.15) is 5.60 Å². The zero-order valence-corrected chi connectivity index (χ0v) is 21.5. The summed E-state index contributed by atoms with van der Waals surface area (Å²) in [5.41, 5.74) is -0.131. The first-order valence-corrected chi connectivity index (χ1v) is 12.8. The first-order valence-electron chi connectivity index (χ1n) is 12.8. The number of carbonyl (C=O) groups is 2. The summed E-state index contributed by atoms with van der Waals surface area (Å²) < 4.78 is 6.90. The molecule has 1 aromatic heterocycles. The lowest BCUT2D eigenvalue weighted by molar-refractivity contribution is -0.0419. The molecule has 2 aromatic rings. The number of aromatic nitrogens is 1. The number of hydrogen-bond donors (Lipinski definition) is 1. The molecule has 2 aliphatic heterocycles. The van der Waals surface area contributed by atoms with E-state index in [-0.39, 0.29) is 18.0 Å². The quantitative estimate of drug-likeness (QED) is 0.695. The van der Waals surface area contributed by atoms with Gasteiger partial charge in [-0.15, -0.1) is 0 Å². The van der Waals surface area contributed by atoms with Crippen LogP contribution in [0.1, 0.15) is 63.2 Å². The number of aliphatic hydroxyl groups is 1. The van der Waals surface area contributed by atoms with Crippen LogP contribution in [0.3, 0.4) is 0 Å². The standard InChI is InChI=1S/C28H37N3O5/c1-27(2,3)36-26(34)30-16-12-28(35,13-17-30)20-31-19-23(25(33)29-14-8-5-9-15-29)22(18-24(31)32)21-10-6-4-7-11-21/h4,6-7,10-11,18-19,35H,5,8-9,12-17,20H2,1-3H3. The van der Waals surface area contributed by atoms with Gasteiger partial charge >= 0.3 is 6.09 Å². The van der Waals surface area contributed by atoms with Crippen LogP contribution in [0.4, 0.5) is 4.79 Å². The molecule has 2 fully saturated rings. The van der Waals surface area contributed by atoms with Gasteiger partial charge < -0.3 is 24.2 Å². The molecule has 8 heteroatoms. The molecule has 0 bridgehead atoms. The van der Waals surface area contributed by atoms with Crippen molar-refractivity contribution in [2.45, 2.75) is 70.6 Å². The minimum atomic E-state index is -1.16. The predicted molar refractivity (Wildman–Crippen MR) is 138 cm³/mol. The van der Waals surface area contributed by atoms with Gasteiger partial charge in [-0.05, 0) is 58.4 Å². The normalized spacial score (nSPS) is 18.1. The van der Waals surface area contributed by atoms with E-state index >= 15 is 0 Å². The Bertz CT molecular complexity index is 1140. The number of nitrogens with zero attached hydrogens (tertiary/aromatic N) is 3. The van der Waals surface area contributed by atoms with E-state index in [9.17, 15) is 19.5 Å². The van der Waals surface area contributed by atoms with Crippen molar-refractivity contribution < 1.29 is 19.4 Å². The Morgan fingerprint density at radius 1 is 0.972 bits per heavy atom. The lowest BCUT2D eigenvalue weighted by Gasteiger charge is -2.39. The number of pyridine rings is 1. The summed E-state index contributed by atoms with van der Waals surface area (Å²) in [6.45, 7) is 7.60. The average Bonchev–Trinajstić information content (AvgIpc) is 2.85. The van der Waals surface area contributed by atoms with Crippen molar-refractivity contribution in [3.8, 4) is 11.1 Å². The molecule has 1 N–H and O–H groups in total. The van der Waals surface area contributed by atoms with Crippen molar-refractivity contribution in [1.82, 2.24) is 14.4 Å². The van der Waals surface area contributed by atoms with Crippen LogP contribution in [0.5, 0.6) is 0 Å². The van der Waals surface area contributed by atoms with Crippen LogP contribution in [0.15, 0.2) is 47.4 Å². The smallest absolute Gasteiger partial charge is 0.410 e. The predicted octanol–water partition coefficient (Wildman–Crippen LogP) is 3.90. The van der Waals surface area contributed by atoms with Crippen molar-refractivity contribution >= 4 is 12.0 Å². The minimum Gasteiger partial charge on any atom is -0.444 e. The zero-order chi connectivity index (χ0) is 25.9. The lowest BCUT2D eigenvalue weighted by Crippen LogP contribution is -2.50. The van der Waals surface area contributed by atoms with Crippen LogP contribution in [-0.4, -0.2) is 68.9 Å². The molecule has 0 aliphatic carbocycles. The highest BCUT2D eigenvalue weighted by Gasteiger charge is 2.36. The molecule has 0 spiro atoms. The van der Waals surface area contributed by atoms with Crippen LogP contribution in [0.25, 0.3) is 11.1 Å². The molecule has 3 heterocycles. The molecule has 0 atom stereocenters. The molecule has 2 amide bonds. The molecule has 36 heavy (non-hydrogen) atoms. The number of benzene rings is 1. The molecule has 2 aliphatic rings. The van der Waals surface area contributed by atoms with Crippen LogP contribution in [0.2, 0.25) is 0 Å². The average molecular weight is 496 g/mol. The molecule has 1 aromatic carbocycles. The summed E-state index contributed by atoms with van der Waals surface area (Å²) in [5.74, 6) is -0.0889. The van der Waals surface area contributed by atoms with Crippen LogP contribution < -0.4 is 5.56 Å². The maximum atomic E-state index is 13.6. The van der Waals surface area contributed by atoms with Gasteiger partial charge in [0.2, 0.25) is 0 Å². The molecule has 0 radical (unpaired) electrons.